The number of carbonyl (C=O) groups excluding carboxylic acids is 6. The summed E-state index contributed by atoms with van der Waals surface area (Å²) in [4.78, 5) is 86.4. The van der Waals surface area contributed by atoms with Gasteiger partial charge in [0.15, 0.2) is 23.0 Å². The summed E-state index contributed by atoms with van der Waals surface area (Å²) in [6, 6.07) is 3.34. The van der Waals surface area contributed by atoms with E-state index in [1.165, 1.54) is 33.4 Å². The normalized spacial score (nSPS) is 16.9. The minimum atomic E-state index is -1.03. The van der Waals surface area contributed by atoms with Gasteiger partial charge in [0.05, 0.1) is 74.3 Å². The lowest BCUT2D eigenvalue weighted by molar-refractivity contribution is -0.133. The molecule has 7 amide bonds. The standard InChI is InChI=1S/C45H65N9O11/c1-13-16-30-23-47-33-21-37(35(62-11)19-31(33)44(59)53(30)27(6)28(7)61-10)64-17-15-18-65-38-22-34(32(20-36(38)63-12)42(57)46-14-2)52(9)29(8)50-41(56)26(5)49-43(58)40(25(3)4)51-54-39(55)24-48-45(54)60/h14,19-23,25-30,40,51H,2,13,15-18,24H2,1,3-12H3,(H,46,57)(H,48,60)(H,49,58)(H,50,56)/t26-,27?,28-,29?,30?,40-/m0/s1. The van der Waals surface area contributed by atoms with Crippen molar-refractivity contribution in [3.05, 3.63) is 48.2 Å². The molecule has 1 saturated heterocycles. The third kappa shape index (κ3) is 12.4. The molecule has 2 aliphatic rings. The maximum absolute atomic E-state index is 14.0. The van der Waals surface area contributed by atoms with Crippen molar-refractivity contribution in [1.82, 2.24) is 36.6 Å². The van der Waals surface area contributed by atoms with Crippen LogP contribution in [0.5, 0.6) is 23.0 Å². The molecule has 356 valence electrons. The first-order valence-electron chi connectivity index (χ1n) is 21.6. The Morgan fingerprint density at radius 2 is 1.57 bits per heavy atom. The van der Waals surface area contributed by atoms with Crippen LogP contribution in [0.25, 0.3) is 0 Å². The number of nitrogens with one attached hydrogen (secondary N) is 5. The van der Waals surface area contributed by atoms with Crippen LogP contribution in [0.15, 0.2) is 42.0 Å². The number of carbonyl (C=O) groups is 6. The molecule has 0 radical (unpaired) electrons. The van der Waals surface area contributed by atoms with Gasteiger partial charge in [-0.05, 0) is 58.4 Å². The summed E-state index contributed by atoms with van der Waals surface area (Å²) in [6.45, 7) is 16.4. The third-order valence-corrected chi connectivity index (χ3v) is 11.3. The van der Waals surface area contributed by atoms with Crippen molar-refractivity contribution in [3.63, 3.8) is 0 Å². The van der Waals surface area contributed by atoms with E-state index in [0.29, 0.717) is 40.6 Å². The van der Waals surface area contributed by atoms with Crippen LogP contribution in [-0.2, 0) is 19.1 Å². The molecule has 0 aliphatic carbocycles. The van der Waals surface area contributed by atoms with E-state index in [-0.39, 0.29) is 61.1 Å². The Hall–Kier alpha value is -6.41. The molecule has 65 heavy (non-hydrogen) atoms. The number of urea groups is 1. The van der Waals surface area contributed by atoms with Crippen LogP contribution in [0.4, 0.5) is 16.2 Å². The van der Waals surface area contributed by atoms with E-state index in [1.54, 1.807) is 58.0 Å². The molecular weight excluding hydrogens is 843 g/mol. The van der Waals surface area contributed by atoms with Gasteiger partial charge < -0.3 is 54.8 Å². The van der Waals surface area contributed by atoms with Crippen LogP contribution in [0.1, 0.15) is 88.4 Å². The highest BCUT2D eigenvalue weighted by Gasteiger charge is 2.36. The SMILES string of the molecule is C=CNC(=O)c1cc(OC)c(OCCCOc2cc3c(cc2OC)C(=O)N(C(C)[C@H](C)OC)C(CCC)C=N3)cc1N(C)C(C)NC(=O)[C@H](C)NC(=O)[C@@H](NN1C(=O)CNC1=O)C(C)C. The number of hydrazine groups is 1. The molecule has 0 saturated carbocycles. The highest BCUT2D eigenvalue weighted by molar-refractivity contribution is 6.04. The minimum absolute atomic E-state index is 0.164. The largest absolute Gasteiger partial charge is 0.493 e. The van der Waals surface area contributed by atoms with Crippen LogP contribution in [0.3, 0.4) is 0 Å². The van der Waals surface area contributed by atoms with Crippen LogP contribution >= 0.6 is 0 Å². The van der Waals surface area contributed by atoms with Crippen molar-refractivity contribution in [2.45, 2.75) is 104 Å². The van der Waals surface area contributed by atoms with Gasteiger partial charge in [-0.2, -0.15) is 5.01 Å². The summed E-state index contributed by atoms with van der Waals surface area (Å²) in [6.07, 6.45) is 4.12. The second kappa shape index (κ2) is 23.5. The predicted molar refractivity (Wildman–Crippen MR) is 244 cm³/mol. The Morgan fingerprint density at radius 1 is 0.923 bits per heavy atom. The number of imide groups is 1. The average Bonchev–Trinajstić information content (AvgIpc) is 3.53. The molecule has 6 atom stereocenters. The van der Waals surface area contributed by atoms with Crippen molar-refractivity contribution >= 4 is 53.2 Å². The summed E-state index contributed by atoms with van der Waals surface area (Å²) in [5, 5.41) is 11.2. The first-order chi connectivity index (χ1) is 30.9. The van der Waals surface area contributed by atoms with Crippen LogP contribution in [0.2, 0.25) is 0 Å². The maximum Gasteiger partial charge on any atom is 0.339 e. The first-order valence-corrected chi connectivity index (χ1v) is 21.6. The zero-order valence-electron chi connectivity index (χ0n) is 39.2. The molecule has 20 heteroatoms. The predicted octanol–water partition coefficient (Wildman–Crippen LogP) is 3.66. The molecule has 20 nitrogen and oxygen atoms in total. The third-order valence-electron chi connectivity index (χ3n) is 11.3. The van der Waals surface area contributed by atoms with Gasteiger partial charge in [0.1, 0.15) is 18.6 Å². The number of hydrogen-bond acceptors (Lipinski definition) is 14. The monoisotopic (exact) mass is 907 g/mol. The fraction of sp³-hybridized carbons (Fsp3) is 0.533. The molecular formula is C45H65N9O11. The molecule has 5 N–H and O–H groups in total. The lowest BCUT2D eigenvalue weighted by Gasteiger charge is -2.36. The Balaban J connectivity index is 1.46. The average molecular weight is 908 g/mol. The van der Waals surface area contributed by atoms with Gasteiger partial charge in [-0.15, -0.1) is 0 Å². The van der Waals surface area contributed by atoms with Crippen molar-refractivity contribution in [3.8, 4) is 23.0 Å². The summed E-state index contributed by atoms with van der Waals surface area (Å²) >= 11 is 0. The molecule has 4 rings (SSSR count). The number of rotatable bonds is 24. The lowest BCUT2D eigenvalue weighted by Crippen LogP contribution is -2.59. The highest BCUT2D eigenvalue weighted by Crippen LogP contribution is 2.39. The van der Waals surface area contributed by atoms with E-state index in [9.17, 15) is 28.8 Å². The number of anilines is 1. The summed E-state index contributed by atoms with van der Waals surface area (Å²) in [5.41, 5.74) is 4.09. The van der Waals surface area contributed by atoms with E-state index in [1.807, 2.05) is 25.0 Å². The number of methoxy groups -OCH3 is 3. The highest BCUT2D eigenvalue weighted by atomic mass is 16.5. The first kappa shape index (κ1) is 51.2. The fourth-order valence-corrected chi connectivity index (χ4v) is 7.14. The molecule has 1 fully saturated rings. The van der Waals surface area contributed by atoms with Crippen LogP contribution in [-0.4, -0.2) is 136 Å². The molecule has 2 heterocycles. The van der Waals surface area contributed by atoms with E-state index >= 15 is 0 Å². The quantitative estimate of drug-likeness (QED) is 0.0576. The number of aliphatic imine (C=N–C) groups is 1. The second-order valence-corrected chi connectivity index (χ2v) is 16.1. The Morgan fingerprint density at radius 3 is 2.14 bits per heavy atom. The van der Waals surface area contributed by atoms with Gasteiger partial charge >= 0.3 is 6.03 Å². The van der Waals surface area contributed by atoms with E-state index in [0.717, 1.165) is 17.9 Å². The number of nitrogens with zero attached hydrogens (tertiary/aromatic N) is 4. The maximum atomic E-state index is 14.0. The van der Waals surface area contributed by atoms with Crippen LogP contribution in [0, 0.1) is 5.92 Å². The summed E-state index contributed by atoms with van der Waals surface area (Å²) < 4.78 is 29.2. The fourth-order valence-electron chi connectivity index (χ4n) is 7.14. The Bertz CT molecular complexity index is 2080. The molecule has 3 unspecified atom stereocenters. The van der Waals surface area contributed by atoms with Gasteiger partial charge in [0.25, 0.3) is 17.7 Å². The lowest BCUT2D eigenvalue weighted by atomic mass is 10.0. The van der Waals surface area contributed by atoms with Gasteiger partial charge in [-0.25, -0.2) is 10.2 Å². The molecule has 2 aliphatic heterocycles. The number of hydrogen-bond donors (Lipinski definition) is 5. The number of benzene rings is 2. The second-order valence-electron chi connectivity index (χ2n) is 16.1. The Kier molecular flexibility index (Phi) is 18.5. The van der Waals surface area contributed by atoms with Gasteiger partial charge in [0.2, 0.25) is 11.8 Å². The van der Waals surface area contributed by atoms with E-state index in [2.05, 4.69) is 40.2 Å². The molecule has 0 bridgehead atoms. The minimum Gasteiger partial charge on any atom is -0.493 e. The smallest absolute Gasteiger partial charge is 0.339 e. The zero-order valence-corrected chi connectivity index (χ0v) is 39.2. The Labute approximate surface area is 380 Å². The van der Waals surface area contributed by atoms with Gasteiger partial charge in [-0.1, -0.05) is 33.8 Å². The van der Waals surface area contributed by atoms with Crippen molar-refractivity contribution in [2.24, 2.45) is 10.9 Å². The topological polar surface area (TPSA) is 231 Å². The van der Waals surface area contributed by atoms with Gasteiger partial charge in [0, 0.05) is 38.9 Å². The van der Waals surface area contributed by atoms with Crippen LogP contribution < -0.4 is 50.5 Å². The number of ether oxygens (including phenoxy) is 5. The molecule has 2 aromatic rings. The van der Waals surface area contributed by atoms with Gasteiger partial charge in [-0.3, -0.25) is 29.0 Å². The van der Waals surface area contributed by atoms with Crippen molar-refractivity contribution in [2.75, 3.05) is 53.0 Å². The summed E-state index contributed by atoms with van der Waals surface area (Å²) in [7, 11) is 6.24. The van der Waals surface area contributed by atoms with Crippen molar-refractivity contribution < 1.29 is 52.5 Å². The zero-order chi connectivity index (χ0) is 48.1. The van der Waals surface area contributed by atoms with Crippen molar-refractivity contribution in [1.29, 1.82) is 0 Å². The number of fused-ring (bicyclic) bond motifs is 1. The van der Waals surface area contributed by atoms with E-state index < -0.39 is 47.9 Å². The molecule has 2 aromatic carbocycles. The number of amides is 7. The van der Waals surface area contributed by atoms with E-state index in [4.69, 9.17) is 28.7 Å². The molecule has 0 aromatic heterocycles. The molecule has 0 spiro atoms. The summed E-state index contributed by atoms with van der Waals surface area (Å²) in [5.74, 6) is -1.35.